The summed E-state index contributed by atoms with van der Waals surface area (Å²) in [6, 6.07) is 7.66. The lowest BCUT2D eigenvalue weighted by Gasteiger charge is -2.32. The van der Waals surface area contributed by atoms with Crippen LogP contribution in [0, 0.1) is 23.3 Å². The lowest BCUT2D eigenvalue weighted by atomic mass is 9.90. The summed E-state index contributed by atoms with van der Waals surface area (Å²) in [4.78, 5) is 2.05. The topological polar surface area (TPSA) is 31.9 Å². The number of nitrogens with zero attached hydrogens (tertiary/aromatic N) is 2. The molecule has 1 N–H and O–H groups in total. The molecule has 1 atom stereocenters. The number of piperidine rings is 1. The Morgan fingerprint density at radius 2 is 1.89 bits per heavy atom. The Hall–Kier alpha value is -2.67. The van der Waals surface area contributed by atoms with Gasteiger partial charge in [0, 0.05) is 47.5 Å². The van der Waals surface area contributed by atoms with E-state index < -0.39 is 23.3 Å². The monoisotopic (exact) mass is 389 g/mol. The predicted molar refractivity (Wildman–Crippen MR) is 97.5 cm³/mol. The number of likely N-dealkylation sites (tertiary alicyclic amines) is 1. The van der Waals surface area contributed by atoms with E-state index >= 15 is 0 Å². The second-order valence-electron chi connectivity index (χ2n) is 7.11. The van der Waals surface area contributed by atoms with Gasteiger partial charge in [-0.3, -0.25) is 10.00 Å². The first-order valence-corrected chi connectivity index (χ1v) is 9.17. The average molecular weight is 389 g/mol. The number of benzene rings is 2. The molecular weight excluding hydrogens is 370 g/mol. The van der Waals surface area contributed by atoms with Crippen LogP contribution in [-0.4, -0.2) is 28.2 Å². The summed E-state index contributed by atoms with van der Waals surface area (Å²) in [5, 5.41) is 7.01. The van der Waals surface area contributed by atoms with Crippen molar-refractivity contribution in [2.24, 2.45) is 0 Å². The lowest BCUT2D eigenvalue weighted by molar-refractivity contribution is 0.196. The molecule has 1 fully saturated rings. The number of rotatable bonds is 4. The van der Waals surface area contributed by atoms with E-state index in [9.17, 15) is 17.6 Å². The van der Waals surface area contributed by atoms with Crippen LogP contribution in [0.2, 0.25) is 0 Å². The molecule has 0 amide bonds. The molecule has 4 rings (SSSR count). The van der Waals surface area contributed by atoms with Gasteiger partial charge in [-0.1, -0.05) is 12.1 Å². The third-order valence-electron chi connectivity index (χ3n) is 5.23. The van der Waals surface area contributed by atoms with Gasteiger partial charge in [0.05, 0.1) is 6.20 Å². The molecule has 0 saturated carbocycles. The zero-order valence-electron chi connectivity index (χ0n) is 15.1. The van der Waals surface area contributed by atoms with Crippen molar-refractivity contribution in [3.8, 4) is 11.1 Å². The maximum Gasteiger partial charge on any atom is 0.163 e. The Kier molecular flexibility index (Phi) is 5.17. The van der Waals surface area contributed by atoms with Crippen molar-refractivity contribution < 1.29 is 17.6 Å². The minimum Gasteiger partial charge on any atom is -0.298 e. The van der Waals surface area contributed by atoms with E-state index in [4.69, 9.17) is 0 Å². The van der Waals surface area contributed by atoms with E-state index in [1.165, 1.54) is 24.4 Å². The number of aromatic nitrogens is 2. The van der Waals surface area contributed by atoms with E-state index in [1.807, 2.05) is 0 Å². The molecule has 1 saturated heterocycles. The Balaban J connectivity index is 1.56. The minimum absolute atomic E-state index is 0.0346. The predicted octanol–water partition coefficient (Wildman–Crippen LogP) is 5.01. The Morgan fingerprint density at radius 1 is 1.04 bits per heavy atom. The molecule has 0 bridgehead atoms. The van der Waals surface area contributed by atoms with Gasteiger partial charge in [-0.15, -0.1) is 0 Å². The zero-order valence-corrected chi connectivity index (χ0v) is 15.1. The highest BCUT2D eigenvalue weighted by Crippen LogP contribution is 2.34. The van der Waals surface area contributed by atoms with Crippen molar-refractivity contribution in [1.29, 1.82) is 0 Å². The summed E-state index contributed by atoms with van der Waals surface area (Å²) >= 11 is 0. The quantitative estimate of drug-likeness (QED) is 0.636. The molecule has 2 heterocycles. The first-order valence-electron chi connectivity index (χ1n) is 9.17. The molecule has 2 aromatic carbocycles. The number of halogens is 4. The maximum absolute atomic E-state index is 14.2. The molecule has 0 spiro atoms. The Bertz CT molecular complexity index is 986. The average Bonchev–Trinajstić information content (AvgIpc) is 3.15. The van der Waals surface area contributed by atoms with Crippen LogP contribution in [0.4, 0.5) is 17.6 Å². The van der Waals surface area contributed by atoms with Crippen LogP contribution in [0.15, 0.2) is 42.6 Å². The summed E-state index contributed by atoms with van der Waals surface area (Å²) in [6.45, 7) is 1.67. The summed E-state index contributed by atoms with van der Waals surface area (Å²) in [5.74, 6) is -2.91. The normalized spacial score (nSPS) is 17.8. The number of aromatic amines is 1. The summed E-state index contributed by atoms with van der Waals surface area (Å²) in [7, 11) is 0. The van der Waals surface area contributed by atoms with Crippen molar-refractivity contribution in [1.82, 2.24) is 15.1 Å². The smallest absolute Gasteiger partial charge is 0.163 e. The zero-order chi connectivity index (χ0) is 19.7. The maximum atomic E-state index is 14.2. The molecule has 28 heavy (non-hydrogen) atoms. The van der Waals surface area contributed by atoms with Crippen LogP contribution < -0.4 is 0 Å². The van der Waals surface area contributed by atoms with Gasteiger partial charge in [-0.2, -0.15) is 5.10 Å². The molecule has 146 valence electrons. The van der Waals surface area contributed by atoms with Crippen LogP contribution in [0.25, 0.3) is 11.1 Å². The van der Waals surface area contributed by atoms with Crippen LogP contribution in [0.5, 0.6) is 0 Å². The summed E-state index contributed by atoms with van der Waals surface area (Å²) in [6.07, 6.45) is 3.27. The van der Waals surface area contributed by atoms with Gasteiger partial charge in [0.25, 0.3) is 0 Å². The lowest BCUT2D eigenvalue weighted by Crippen LogP contribution is -2.34. The van der Waals surface area contributed by atoms with Gasteiger partial charge in [-0.05, 0) is 37.6 Å². The second kappa shape index (κ2) is 7.75. The van der Waals surface area contributed by atoms with Gasteiger partial charge in [0.2, 0.25) is 0 Å². The second-order valence-corrected chi connectivity index (χ2v) is 7.11. The van der Waals surface area contributed by atoms with Gasteiger partial charge in [0.1, 0.15) is 11.6 Å². The Morgan fingerprint density at radius 3 is 2.71 bits per heavy atom. The van der Waals surface area contributed by atoms with Gasteiger partial charge in [0.15, 0.2) is 11.6 Å². The highest BCUT2D eigenvalue weighted by molar-refractivity contribution is 5.66. The van der Waals surface area contributed by atoms with E-state index in [-0.39, 0.29) is 5.92 Å². The van der Waals surface area contributed by atoms with Gasteiger partial charge in [-0.25, -0.2) is 17.6 Å². The van der Waals surface area contributed by atoms with Crippen LogP contribution >= 0.6 is 0 Å². The minimum atomic E-state index is -0.853. The summed E-state index contributed by atoms with van der Waals surface area (Å²) < 4.78 is 54.9. The first-order chi connectivity index (χ1) is 13.5. The molecular formula is C21H19F4N3. The van der Waals surface area contributed by atoms with Gasteiger partial charge < -0.3 is 0 Å². The van der Waals surface area contributed by atoms with E-state index in [2.05, 4.69) is 15.1 Å². The molecule has 1 aromatic heterocycles. The molecule has 0 radical (unpaired) electrons. The first kappa shape index (κ1) is 18.7. The fraction of sp³-hybridized carbons (Fsp3) is 0.286. The molecule has 3 aromatic rings. The van der Waals surface area contributed by atoms with Crippen molar-refractivity contribution in [3.63, 3.8) is 0 Å². The van der Waals surface area contributed by atoms with Crippen molar-refractivity contribution in [2.45, 2.75) is 25.3 Å². The highest BCUT2D eigenvalue weighted by Gasteiger charge is 2.26. The molecule has 1 aliphatic rings. The Labute approximate surface area is 160 Å². The SMILES string of the molecule is Fc1ccc(-c2cn[nH]c2[C@@H]2CCCN(Cc3cccc(F)c3F)C2)c(F)c1. The van der Waals surface area contributed by atoms with E-state index in [0.29, 0.717) is 29.8 Å². The molecule has 0 unspecified atom stereocenters. The molecule has 0 aliphatic carbocycles. The third-order valence-corrected chi connectivity index (χ3v) is 5.23. The standard InChI is InChI=1S/C21H19F4N3/c22-15-6-7-16(19(24)9-15)17-10-26-27-21(17)14-4-2-8-28(12-14)11-13-3-1-5-18(23)20(13)25/h1,3,5-7,9-10,14H,2,4,8,11-12H2,(H,26,27)/t14-/m1/s1. The number of hydrogen-bond donors (Lipinski definition) is 1. The fourth-order valence-corrected chi connectivity index (χ4v) is 3.88. The fourth-order valence-electron chi connectivity index (χ4n) is 3.88. The van der Waals surface area contributed by atoms with Crippen LogP contribution in [-0.2, 0) is 6.54 Å². The van der Waals surface area contributed by atoms with E-state index in [0.717, 1.165) is 37.2 Å². The van der Waals surface area contributed by atoms with Crippen molar-refractivity contribution >= 4 is 0 Å². The third kappa shape index (κ3) is 3.67. The van der Waals surface area contributed by atoms with E-state index in [1.54, 1.807) is 6.07 Å². The van der Waals surface area contributed by atoms with Crippen molar-refractivity contribution in [3.05, 3.63) is 77.1 Å². The molecule has 7 heteroatoms. The molecule has 3 nitrogen and oxygen atoms in total. The van der Waals surface area contributed by atoms with Crippen molar-refractivity contribution in [2.75, 3.05) is 13.1 Å². The highest BCUT2D eigenvalue weighted by atomic mass is 19.2. The summed E-state index contributed by atoms with van der Waals surface area (Å²) in [5.41, 5.74) is 1.98. The number of nitrogens with one attached hydrogen (secondary N) is 1. The molecule has 1 aliphatic heterocycles. The number of H-pyrrole nitrogens is 1. The van der Waals surface area contributed by atoms with Crippen LogP contribution in [0.3, 0.4) is 0 Å². The van der Waals surface area contributed by atoms with Gasteiger partial charge >= 0.3 is 0 Å². The largest absolute Gasteiger partial charge is 0.298 e. The van der Waals surface area contributed by atoms with Crippen LogP contribution in [0.1, 0.15) is 30.0 Å². The number of hydrogen-bond acceptors (Lipinski definition) is 2.